The van der Waals surface area contributed by atoms with Crippen LogP contribution in [0.25, 0.3) is 10.6 Å². The molecule has 29 heavy (non-hydrogen) atoms. The lowest BCUT2D eigenvalue weighted by molar-refractivity contribution is -0.123. The van der Waals surface area contributed by atoms with Crippen molar-refractivity contribution in [2.45, 2.75) is 12.6 Å². The van der Waals surface area contributed by atoms with Gasteiger partial charge in [0.05, 0.1) is 25.5 Å². The van der Waals surface area contributed by atoms with Crippen LogP contribution in [0, 0.1) is 5.82 Å². The third-order valence-electron chi connectivity index (χ3n) is 4.47. The molecule has 2 N–H and O–H groups in total. The Hall–Kier alpha value is -2.97. The van der Waals surface area contributed by atoms with Gasteiger partial charge in [0, 0.05) is 11.9 Å². The van der Waals surface area contributed by atoms with E-state index in [9.17, 15) is 9.18 Å². The van der Waals surface area contributed by atoms with Crippen molar-refractivity contribution in [3.63, 3.8) is 0 Å². The molecule has 1 amide bonds. The van der Waals surface area contributed by atoms with Gasteiger partial charge >= 0.3 is 0 Å². The Morgan fingerprint density at radius 2 is 2.00 bits per heavy atom. The summed E-state index contributed by atoms with van der Waals surface area (Å²) in [7, 11) is 4.92. The van der Waals surface area contributed by atoms with Crippen molar-refractivity contribution < 1.29 is 18.7 Å². The van der Waals surface area contributed by atoms with E-state index in [0.717, 1.165) is 16.3 Å². The summed E-state index contributed by atoms with van der Waals surface area (Å²) in [6, 6.07) is 10.7. The maximum absolute atomic E-state index is 13.6. The number of ether oxygens (including phenoxy) is 2. The lowest BCUT2D eigenvalue weighted by atomic mass is 10.0. The predicted octanol–water partition coefficient (Wildman–Crippen LogP) is 3.62. The zero-order valence-electron chi connectivity index (χ0n) is 16.4. The largest absolute Gasteiger partial charge is 0.493 e. The van der Waals surface area contributed by atoms with E-state index in [1.165, 1.54) is 23.5 Å². The summed E-state index contributed by atoms with van der Waals surface area (Å²) >= 11 is 1.46. The van der Waals surface area contributed by atoms with Gasteiger partial charge < -0.3 is 15.2 Å². The number of nitrogens with zero attached hydrogens (tertiary/aromatic N) is 2. The summed E-state index contributed by atoms with van der Waals surface area (Å²) in [5, 5.41) is 2.68. The number of halogens is 1. The first-order valence-electron chi connectivity index (χ1n) is 8.85. The molecular weight excluding hydrogens is 393 g/mol. The molecule has 1 atom stereocenters. The third kappa shape index (κ3) is 4.55. The molecule has 6 nitrogen and oxygen atoms in total. The van der Waals surface area contributed by atoms with Crippen molar-refractivity contribution in [1.29, 1.82) is 0 Å². The number of amides is 1. The molecule has 3 rings (SSSR count). The van der Waals surface area contributed by atoms with Crippen LogP contribution in [0.15, 0.2) is 47.8 Å². The molecule has 1 heterocycles. The van der Waals surface area contributed by atoms with Crippen LogP contribution in [0.1, 0.15) is 17.3 Å². The number of likely N-dealkylation sites (N-methyl/N-ethyl adjacent to an activating group) is 1. The van der Waals surface area contributed by atoms with Crippen molar-refractivity contribution in [2.75, 3.05) is 21.3 Å². The summed E-state index contributed by atoms with van der Waals surface area (Å²) in [6.07, 6.45) is 0. The van der Waals surface area contributed by atoms with Crippen molar-refractivity contribution in [1.82, 2.24) is 9.88 Å². The van der Waals surface area contributed by atoms with Crippen molar-refractivity contribution in [3.05, 3.63) is 64.9 Å². The first-order chi connectivity index (χ1) is 13.9. The highest BCUT2D eigenvalue weighted by Gasteiger charge is 2.24. The molecule has 0 fully saturated rings. The van der Waals surface area contributed by atoms with Crippen LogP contribution in [0.3, 0.4) is 0 Å². The number of aromatic nitrogens is 1. The fraction of sp³-hybridized carbons (Fsp3) is 0.238. The Morgan fingerprint density at radius 1 is 1.24 bits per heavy atom. The summed E-state index contributed by atoms with van der Waals surface area (Å²) < 4.78 is 24.4. The van der Waals surface area contributed by atoms with Gasteiger partial charge in [-0.3, -0.25) is 9.69 Å². The second kappa shape index (κ2) is 9.02. The molecule has 0 bridgehead atoms. The quantitative estimate of drug-likeness (QED) is 0.608. The molecule has 0 spiro atoms. The average Bonchev–Trinajstić information content (AvgIpc) is 3.15. The Balaban J connectivity index is 1.85. The third-order valence-corrected chi connectivity index (χ3v) is 5.40. The maximum atomic E-state index is 13.6. The number of carbonyl (C=O) groups excluding carboxylic acids is 1. The summed E-state index contributed by atoms with van der Waals surface area (Å²) in [5.74, 6) is 0.268. The number of benzene rings is 2. The van der Waals surface area contributed by atoms with Crippen LogP contribution < -0.4 is 15.2 Å². The van der Waals surface area contributed by atoms with E-state index in [1.54, 1.807) is 38.3 Å². The normalized spacial score (nSPS) is 12.0. The number of rotatable bonds is 8. The molecular formula is C21H22FN3O3S. The lowest BCUT2D eigenvalue weighted by Crippen LogP contribution is -2.35. The molecule has 2 aromatic carbocycles. The molecule has 0 saturated carbocycles. The first-order valence-corrected chi connectivity index (χ1v) is 9.73. The maximum Gasteiger partial charge on any atom is 0.239 e. The standard InChI is InChI=1S/C21H22FN3O3S/c1-25(18(20(23)26)13-6-4-7-14(22)10-13)11-15-12-29-21(24-15)16-8-5-9-17(27-2)19(16)28-3/h4-10,12,18H,11H2,1-3H3,(H2,23,26). The van der Waals surface area contributed by atoms with Gasteiger partial charge in [0.2, 0.25) is 5.91 Å². The summed E-state index contributed by atoms with van der Waals surface area (Å²) in [5.41, 5.74) is 7.68. The van der Waals surface area contributed by atoms with Gasteiger partial charge in [0.15, 0.2) is 11.5 Å². The number of nitrogens with two attached hydrogens (primary N) is 1. The van der Waals surface area contributed by atoms with Crippen molar-refractivity contribution in [2.24, 2.45) is 5.73 Å². The summed E-state index contributed by atoms with van der Waals surface area (Å²) in [4.78, 5) is 18.5. The molecule has 8 heteroatoms. The van der Waals surface area contributed by atoms with E-state index in [4.69, 9.17) is 15.2 Å². The van der Waals surface area contributed by atoms with E-state index < -0.39 is 17.8 Å². The number of hydrogen-bond acceptors (Lipinski definition) is 6. The van der Waals surface area contributed by atoms with Crippen LogP contribution in [0.4, 0.5) is 4.39 Å². The molecule has 152 valence electrons. The minimum Gasteiger partial charge on any atom is -0.493 e. The van der Waals surface area contributed by atoms with E-state index >= 15 is 0 Å². The molecule has 0 radical (unpaired) electrons. The number of methoxy groups -OCH3 is 2. The Bertz CT molecular complexity index is 1010. The van der Waals surface area contributed by atoms with Crippen LogP contribution in [-0.2, 0) is 11.3 Å². The van der Waals surface area contributed by atoms with Gasteiger partial charge in [-0.15, -0.1) is 11.3 Å². The first kappa shape index (κ1) is 20.8. The smallest absolute Gasteiger partial charge is 0.239 e. The van der Waals surface area contributed by atoms with E-state index in [0.29, 0.717) is 23.6 Å². The fourth-order valence-electron chi connectivity index (χ4n) is 3.22. The highest BCUT2D eigenvalue weighted by atomic mass is 32.1. The minimum atomic E-state index is -0.762. The average molecular weight is 415 g/mol. The second-order valence-corrected chi connectivity index (χ2v) is 7.32. The zero-order chi connectivity index (χ0) is 21.0. The van der Waals surface area contributed by atoms with Gasteiger partial charge in [-0.05, 0) is 36.9 Å². The van der Waals surface area contributed by atoms with E-state index in [-0.39, 0.29) is 0 Å². The number of para-hydroxylation sites is 1. The van der Waals surface area contributed by atoms with Crippen LogP contribution >= 0.6 is 11.3 Å². The lowest BCUT2D eigenvalue weighted by Gasteiger charge is -2.25. The number of carbonyl (C=O) groups is 1. The summed E-state index contributed by atoms with van der Waals surface area (Å²) in [6.45, 7) is 0.368. The number of thiazole rings is 1. The van der Waals surface area contributed by atoms with Gasteiger partial charge in [-0.25, -0.2) is 9.37 Å². The topological polar surface area (TPSA) is 77.7 Å². The fourth-order valence-corrected chi connectivity index (χ4v) is 4.05. The minimum absolute atomic E-state index is 0.368. The van der Waals surface area contributed by atoms with Gasteiger partial charge in [-0.1, -0.05) is 18.2 Å². The van der Waals surface area contributed by atoms with Crippen LogP contribution in [0.2, 0.25) is 0 Å². The molecule has 0 aliphatic carbocycles. The number of hydrogen-bond donors (Lipinski definition) is 1. The van der Waals surface area contributed by atoms with Crippen molar-refractivity contribution in [3.8, 4) is 22.1 Å². The van der Waals surface area contributed by atoms with Gasteiger partial charge in [0.1, 0.15) is 16.9 Å². The molecule has 0 saturated heterocycles. The van der Waals surface area contributed by atoms with Gasteiger partial charge in [0.25, 0.3) is 0 Å². The Labute approximate surface area is 172 Å². The monoisotopic (exact) mass is 415 g/mol. The van der Waals surface area contributed by atoms with Crippen LogP contribution in [-0.4, -0.2) is 37.1 Å². The Morgan fingerprint density at radius 3 is 2.66 bits per heavy atom. The van der Waals surface area contributed by atoms with E-state index in [1.807, 2.05) is 23.6 Å². The molecule has 1 unspecified atom stereocenters. The second-order valence-electron chi connectivity index (χ2n) is 6.46. The van der Waals surface area contributed by atoms with Crippen LogP contribution in [0.5, 0.6) is 11.5 Å². The molecule has 3 aromatic rings. The molecule has 0 aliphatic rings. The highest BCUT2D eigenvalue weighted by Crippen LogP contribution is 2.39. The number of primary amides is 1. The zero-order valence-corrected chi connectivity index (χ0v) is 17.2. The van der Waals surface area contributed by atoms with Gasteiger partial charge in [-0.2, -0.15) is 0 Å². The highest BCUT2D eigenvalue weighted by molar-refractivity contribution is 7.13. The molecule has 0 aliphatic heterocycles. The molecule has 1 aromatic heterocycles. The van der Waals surface area contributed by atoms with Crippen molar-refractivity contribution >= 4 is 17.2 Å². The van der Waals surface area contributed by atoms with E-state index in [2.05, 4.69) is 4.98 Å². The predicted molar refractivity (Wildman–Crippen MR) is 110 cm³/mol. The Kier molecular flexibility index (Phi) is 6.46. The SMILES string of the molecule is COc1cccc(-c2nc(CN(C)C(C(N)=O)c3cccc(F)c3)cs2)c1OC.